The van der Waals surface area contributed by atoms with Crippen molar-refractivity contribution in [1.82, 2.24) is 10.2 Å². The number of nitrogens with one attached hydrogen (secondary N) is 1. The highest BCUT2D eigenvalue weighted by Gasteiger charge is 2.34. The van der Waals surface area contributed by atoms with Gasteiger partial charge in [-0.25, -0.2) is 4.79 Å². The highest BCUT2D eigenvalue weighted by atomic mass is 32.2. The van der Waals surface area contributed by atoms with Crippen molar-refractivity contribution in [3.05, 3.63) is 0 Å². The third kappa shape index (κ3) is 3.36. The highest BCUT2D eigenvalue weighted by Crippen LogP contribution is 2.27. The molecule has 1 aliphatic heterocycles. The molecule has 0 radical (unpaired) electrons. The first-order valence-corrected chi connectivity index (χ1v) is 6.45. The summed E-state index contributed by atoms with van der Waals surface area (Å²) in [7, 11) is 0. The Kier molecular flexibility index (Phi) is 4.58. The second-order valence-corrected chi connectivity index (χ2v) is 6.22. The van der Waals surface area contributed by atoms with E-state index in [0.29, 0.717) is 5.75 Å². The topological polar surface area (TPSA) is 113 Å². The average Bonchev–Trinajstić information content (AvgIpc) is 2.59. The van der Waals surface area contributed by atoms with E-state index in [1.807, 2.05) is 0 Å². The van der Waals surface area contributed by atoms with Crippen molar-refractivity contribution in [2.24, 2.45) is 5.73 Å². The molecule has 1 saturated heterocycles. The molecule has 0 saturated carbocycles. The van der Waals surface area contributed by atoms with Gasteiger partial charge in [-0.1, -0.05) is 0 Å². The zero-order valence-corrected chi connectivity index (χ0v) is 11.1. The van der Waals surface area contributed by atoms with Crippen LogP contribution < -0.4 is 11.1 Å². The molecule has 1 rings (SSSR count). The Morgan fingerprint density at radius 2 is 2.22 bits per heavy atom. The van der Waals surface area contributed by atoms with Gasteiger partial charge in [0.05, 0.1) is 6.54 Å². The number of aliphatic carboxylic acids is 1. The number of urea groups is 1. The summed E-state index contributed by atoms with van der Waals surface area (Å²) < 4.78 is -0.662. The number of nitrogens with two attached hydrogens (primary N) is 1. The van der Waals surface area contributed by atoms with Gasteiger partial charge in [0.15, 0.2) is 0 Å². The lowest BCUT2D eigenvalue weighted by molar-refractivity contribution is -0.139. The Labute approximate surface area is 109 Å². The minimum absolute atomic E-state index is 0.0293. The number of hydrogen-bond acceptors (Lipinski definition) is 5. The number of nitrogens with zero attached hydrogens (tertiary/aromatic N) is 1. The fourth-order valence-corrected chi connectivity index (χ4v) is 2.55. The van der Waals surface area contributed by atoms with Gasteiger partial charge < -0.3 is 16.2 Å². The van der Waals surface area contributed by atoms with Crippen LogP contribution in [-0.2, 0) is 9.59 Å². The number of carbonyl (C=O) groups excluding carboxylic acids is 2. The number of thioether (sulfide) groups is 1. The summed E-state index contributed by atoms with van der Waals surface area (Å²) in [5, 5.41) is 11.3. The number of hydrogen-bond donors (Lipinski definition) is 3. The fourth-order valence-electron chi connectivity index (χ4n) is 1.47. The lowest BCUT2D eigenvalue weighted by Gasteiger charge is -2.28. The van der Waals surface area contributed by atoms with Crippen molar-refractivity contribution in [2.45, 2.75) is 24.6 Å². The third-order valence-electron chi connectivity index (χ3n) is 2.74. The van der Waals surface area contributed by atoms with Gasteiger partial charge in [-0.05, 0) is 13.8 Å². The summed E-state index contributed by atoms with van der Waals surface area (Å²) >= 11 is 1.33. The van der Waals surface area contributed by atoms with Gasteiger partial charge >= 0.3 is 12.0 Å². The monoisotopic (exact) mass is 275 g/mol. The van der Waals surface area contributed by atoms with Crippen LogP contribution in [0.3, 0.4) is 0 Å². The quantitative estimate of drug-likeness (QED) is 0.561. The smallest absolute Gasteiger partial charge is 0.324 e. The zero-order chi connectivity index (χ0) is 13.9. The molecule has 0 spiro atoms. The molecule has 1 aliphatic rings. The van der Waals surface area contributed by atoms with Crippen molar-refractivity contribution in [2.75, 3.05) is 18.8 Å². The van der Waals surface area contributed by atoms with Gasteiger partial charge in [-0.15, -0.1) is 0 Å². The molecular weight excluding hydrogens is 258 g/mol. The lowest BCUT2D eigenvalue weighted by Crippen LogP contribution is -2.47. The van der Waals surface area contributed by atoms with Crippen LogP contribution >= 0.6 is 11.8 Å². The average molecular weight is 275 g/mol. The van der Waals surface area contributed by atoms with Crippen molar-refractivity contribution in [3.63, 3.8) is 0 Å². The molecule has 102 valence electrons. The van der Waals surface area contributed by atoms with Gasteiger partial charge in [0.2, 0.25) is 5.91 Å². The van der Waals surface area contributed by atoms with Crippen LogP contribution in [0.2, 0.25) is 0 Å². The van der Waals surface area contributed by atoms with E-state index in [9.17, 15) is 14.4 Å². The maximum Gasteiger partial charge on any atom is 0.324 e. The minimum atomic E-state index is -1.07. The zero-order valence-electron chi connectivity index (χ0n) is 10.3. The molecule has 0 unspecified atom stereocenters. The molecule has 4 N–H and O–H groups in total. The van der Waals surface area contributed by atoms with Crippen LogP contribution in [-0.4, -0.2) is 57.5 Å². The second kappa shape index (κ2) is 5.57. The predicted molar refractivity (Wildman–Crippen MR) is 67.3 cm³/mol. The number of rotatable bonds is 6. The fraction of sp³-hybridized carbons (Fsp3) is 0.700. The highest BCUT2D eigenvalue weighted by molar-refractivity contribution is 8.00. The van der Waals surface area contributed by atoms with Crippen LogP contribution in [0.5, 0.6) is 0 Å². The van der Waals surface area contributed by atoms with Gasteiger partial charge in [0.1, 0.15) is 6.04 Å². The minimum Gasteiger partial charge on any atom is -0.480 e. The Bertz CT molecular complexity index is 356. The molecule has 0 aromatic heterocycles. The summed E-state index contributed by atoms with van der Waals surface area (Å²) in [6.07, 6.45) is 0. The molecule has 8 heteroatoms. The summed E-state index contributed by atoms with van der Waals surface area (Å²) in [6, 6.07) is -1.40. The maximum atomic E-state index is 11.3. The Morgan fingerprint density at radius 3 is 2.67 bits per heavy atom. The van der Waals surface area contributed by atoms with Gasteiger partial charge in [0.25, 0.3) is 0 Å². The SMILES string of the molecule is CC(C)(SCCN1C(=O)CNC1=O)[C@@H](N)C(=O)O. The molecule has 0 aromatic carbocycles. The Balaban J connectivity index is 2.44. The molecule has 1 heterocycles. The summed E-state index contributed by atoms with van der Waals surface area (Å²) in [4.78, 5) is 34.5. The normalized spacial score (nSPS) is 17.8. The molecule has 0 bridgehead atoms. The lowest BCUT2D eigenvalue weighted by atomic mass is 10.1. The first-order valence-electron chi connectivity index (χ1n) is 5.46. The van der Waals surface area contributed by atoms with Gasteiger partial charge in [-0.2, -0.15) is 11.8 Å². The Hall–Kier alpha value is -1.28. The Morgan fingerprint density at radius 1 is 1.61 bits per heavy atom. The van der Waals surface area contributed by atoms with Crippen LogP contribution in [0.25, 0.3) is 0 Å². The first kappa shape index (κ1) is 14.8. The van der Waals surface area contributed by atoms with Crippen molar-refractivity contribution < 1.29 is 19.5 Å². The van der Waals surface area contributed by atoms with Crippen molar-refractivity contribution in [3.8, 4) is 0 Å². The summed E-state index contributed by atoms with van der Waals surface area (Å²) in [6.45, 7) is 3.73. The van der Waals surface area contributed by atoms with E-state index >= 15 is 0 Å². The van der Waals surface area contributed by atoms with Gasteiger partial charge in [-0.3, -0.25) is 14.5 Å². The number of imide groups is 1. The summed E-state index contributed by atoms with van der Waals surface area (Å²) in [5.41, 5.74) is 5.56. The van der Waals surface area contributed by atoms with E-state index in [-0.39, 0.29) is 19.0 Å². The van der Waals surface area contributed by atoms with Crippen molar-refractivity contribution >= 4 is 29.7 Å². The molecule has 0 aromatic rings. The maximum absolute atomic E-state index is 11.3. The van der Waals surface area contributed by atoms with E-state index in [4.69, 9.17) is 10.8 Å². The van der Waals surface area contributed by atoms with E-state index in [0.717, 1.165) is 4.90 Å². The standard InChI is InChI=1S/C10H17N3O4S/c1-10(2,7(11)8(15)16)18-4-3-13-6(14)5-12-9(13)17/h7H,3-5,11H2,1-2H3,(H,12,17)(H,15,16)/t7-/m0/s1. The number of amides is 3. The van der Waals surface area contributed by atoms with E-state index < -0.39 is 22.8 Å². The molecule has 1 atom stereocenters. The predicted octanol–water partition coefficient (Wildman–Crippen LogP) is -0.538. The van der Waals surface area contributed by atoms with E-state index in [1.54, 1.807) is 13.8 Å². The largest absolute Gasteiger partial charge is 0.480 e. The first-order chi connectivity index (χ1) is 8.25. The van der Waals surface area contributed by atoms with E-state index in [2.05, 4.69) is 5.32 Å². The van der Waals surface area contributed by atoms with Gasteiger partial charge in [0, 0.05) is 17.0 Å². The molecule has 0 aliphatic carbocycles. The van der Waals surface area contributed by atoms with E-state index in [1.165, 1.54) is 11.8 Å². The van der Waals surface area contributed by atoms with Crippen LogP contribution in [0.15, 0.2) is 0 Å². The number of carboxylic acid groups (broad SMARTS) is 1. The number of carbonyl (C=O) groups is 3. The van der Waals surface area contributed by atoms with Crippen LogP contribution in [0, 0.1) is 0 Å². The number of carboxylic acids is 1. The summed E-state index contributed by atoms with van der Waals surface area (Å²) in [5.74, 6) is -0.879. The third-order valence-corrected chi connectivity index (χ3v) is 4.13. The van der Waals surface area contributed by atoms with Crippen molar-refractivity contribution in [1.29, 1.82) is 0 Å². The molecule has 1 fully saturated rings. The molecular formula is C10H17N3O4S. The van der Waals surface area contributed by atoms with Crippen LogP contribution in [0.1, 0.15) is 13.8 Å². The second-order valence-electron chi connectivity index (χ2n) is 4.47. The van der Waals surface area contributed by atoms with Crippen LogP contribution in [0.4, 0.5) is 4.79 Å². The molecule has 18 heavy (non-hydrogen) atoms. The molecule has 7 nitrogen and oxygen atoms in total. The molecule has 3 amide bonds.